The number of hydrogen-bond acceptors (Lipinski definition) is 3. The number of benzene rings is 1. The molecule has 3 nitrogen and oxygen atoms in total. The van der Waals surface area contributed by atoms with Gasteiger partial charge in [0.1, 0.15) is 11.9 Å². The van der Waals surface area contributed by atoms with Crippen molar-refractivity contribution in [3.63, 3.8) is 0 Å². The van der Waals surface area contributed by atoms with Crippen LogP contribution >= 0.6 is 0 Å². The summed E-state index contributed by atoms with van der Waals surface area (Å²) in [7, 11) is 0. The topological polar surface area (TPSA) is 44.5 Å². The molecular formula is C10H13NO2. The Morgan fingerprint density at radius 3 is 3.23 bits per heavy atom. The van der Waals surface area contributed by atoms with Crippen LogP contribution in [0.15, 0.2) is 18.2 Å². The predicted molar refractivity (Wildman–Crippen MR) is 49.2 cm³/mol. The predicted octanol–water partition coefficient (Wildman–Crippen LogP) is 1.40. The van der Waals surface area contributed by atoms with E-state index in [4.69, 9.17) is 10.6 Å². The molecule has 1 aromatic carbocycles. The van der Waals surface area contributed by atoms with Crippen LogP contribution < -0.4 is 10.6 Å². The second-order valence-electron chi connectivity index (χ2n) is 3.35. The standard InChI is InChI=1S/C10H13NO2/c1-7-5-8-3-2-4-9(6-12-11)10(8)13-7/h2-4,7H,5-6,11H2,1H3. The Hall–Kier alpha value is -1.06. The minimum atomic E-state index is 0.272. The molecule has 1 unspecified atom stereocenters. The maximum atomic E-state index is 5.65. The summed E-state index contributed by atoms with van der Waals surface area (Å²) in [5.74, 6) is 5.99. The molecule has 0 bridgehead atoms. The molecule has 2 rings (SSSR count). The quantitative estimate of drug-likeness (QED) is 0.698. The molecule has 0 fully saturated rings. The Labute approximate surface area is 77.4 Å². The molecule has 2 N–H and O–H groups in total. The van der Waals surface area contributed by atoms with Crippen LogP contribution in [0.2, 0.25) is 0 Å². The number of ether oxygens (including phenoxy) is 1. The van der Waals surface area contributed by atoms with Crippen molar-refractivity contribution in [2.24, 2.45) is 5.90 Å². The van der Waals surface area contributed by atoms with Crippen molar-refractivity contribution in [2.45, 2.75) is 26.1 Å². The van der Waals surface area contributed by atoms with Crippen LogP contribution in [0, 0.1) is 0 Å². The molecule has 1 aliphatic rings. The lowest BCUT2D eigenvalue weighted by Crippen LogP contribution is -2.06. The van der Waals surface area contributed by atoms with Crippen molar-refractivity contribution >= 4 is 0 Å². The molecule has 1 heterocycles. The van der Waals surface area contributed by atoms with Gasteiger partial charge in [-0.2, -0.15) is 0 Å². The molecule has 3 heteroatoms. The monoisotopic (exact) mass is 179 g/mol. The normalized spacial score (nSPS) is 19.7. The Morgan fingerprint density at radius 1 is 1.62 bits per heavy atom. The first kappa shape index (κ1) is 8.53. The van der Waals surface area contributed by atoms with Gasteiger partial charge in [-0.25, -0.2) is 5.90 Å². The summed E-state index contributed by atoms with van der Waals surface area (Å²) in [4.78, 5) is 4.61. The summed E-state index contributed by atoms with van der Waals surface area (Å²) in [6, 6.07) is 6.07. The molecule has 0 amide bonds. The molecule has 0 radical (unpaired) electrons. The molecule has 0 saturated heterocycles. The summed E-state index contributed by atoms with van der Waals surface area (Å²) < 4.78 is 5.65. The Bertz CT molecular complexity index is 312. The van der Waals surface area contributed by atoms with Gasteiger partial charge in [0, 0.05) is 12.0 Å². The van der Waals surface area contributed by atoms with Gasteiger partial charge >= 0.3 is 0 Å². The lowest BCUT2D eigenvalue weighted by molar-refractivity contribution is 0.120. The largest absolute Gasteiger partial charge is 0.490 e. The zero-order valence-corrected chi connectivity index (χ0v) is 7.62. The summed E-state index contributed by atoms with van der Waals surface area (Å²) in [5.41, 5.74) is 2.28. The fraction of sp³-hybridized carbons (Fsp3) is 0.400. The van der Waals surface area contributed by atoms with E-state index in [1.807, 2.05) is 12.1 Å². The summed E-state index contributed by atoms with van der Waals surface area (Å²) in [5, 5.41) is 0. The van der Waals surface area contributed by atoms with E-state index in [-0.39, 0.29) is 6.10 Å². The van der Waals surface area contributed by atoms with Gasteiger partial charge in [0.15, 0.2) is 0 Å². The van der Waals surface area contributed by atoms with Crippen molar-refractivity contribution < 1.29 is 9.57 Å². The maximum Gasteiger partial charge on any atom is 0.128 e. The fourth-order valence-electron chi connectivity index (χ4n) is 1.71. The second kappa shape index (κ2) is 3.36. The first-order chi connectivity index (χ1) is 6.31. The molecule has 0 aliphatic carbocycles. The van der Waals surface area contributed by atoms with Gasteiger partial charge in [-0.1, -0.05) is 18.2 Å². The van der Waals surface area contributed by atoms with Crippen LogP contribution in [0.1, 0.15) is 18.1 Å². The third kappa shape index (κ3) is 1.53. The van der Waals surface area contributed by atoms with Crippen LogP contribution in [0.4, 0.5) is 0 Å². The second-order valence-corrected chi connectivity index (χ2v) is 3.35. The lowest BCUT2D eigenvalue weighted by Gasteiger charge is -2.07. The van der Waals surface area contributed by atoms with E-state index in [2.05, 4.69) is 17.8 Å². The fourth-order valence-corrected chi connectivity index (χ4v) is 1.71. The SMILES string of the molecule is CC1Cc2cccc(CON)c2O1. The van der Waals surface area contributed by atoms with Gasteiger partial charge in [-0.15, -0.1) is 0 Å². The summed E-state index contributed by atoms with van der Waals surface area (Å²) in [6.07, 6.45) is 1.25. The number of hydrogen-bond donors (Lipinski definition) is 1. The van der Waals surface area contributed by atoms with E-state index >= 15 is 0 Å². The van der Waals surface area contributed by atoms with E-state index in [9.17, 15) is 0 Å². The summed E-state index contributed by atoms with van der Waals surface area (Å²) in [6.45, 7) is 2.48. The molecule has 0 aromatic heterocycles. The van der Waals surface area contributed by atoms with Crippen LogP contribution in [-0.2, 0) is 17.9 Å². The lowest BCUT2D eigenvalue weighted by atomic mass is 10.1. The highest BCUT2D eigenvalue weighted by Gasteiger charge is 2.21. The number of para-hydroxylation sites is 1. The molecule has 1 atom stereocenters. The highest BCUT2D eigenvalue weighted by atomic mass is 16.6. The third-order valence-electron chi connectivity index (χ3n) is 2.24. The van der Waals surface area contributed by atoms with Gasteiger partial charge < -0.3 is 4.74 Å². The van der Waals surface area contributed by atoms with Gasteiger partial charge in [-0.05, 0) is 12.5 Å². The van der Waals surface area contributed by atoms with E-state index in [0.29, 0.717) is 6.61 Å². The van der Waals surface area contributed by atoms with Gasteiger partial charge in [0.2, 0.25) is 0 Å². The van der Waals surface area contributed by atoms with E-state index < -0.39 is 0 Å². The van der Waals surface area contributed by atoms with Crippen molar-refractivity contribution in [1.29, 1.82) is 0 Å². The smallest absolute Gasteiger partial charge is 0.128 e. The minimum Gasteiger partial charge on any atom is -0.490 e. The van der Waals surface area contributed by atoms with Crippen molar-refractivity contribution in [3.8, 4) is 5.75 Å². The maximum absolute atomic E-state index is 5.65. The molecule has 1 aliphatic heterocycles. The first-order valence-corrected chi connectivity index (χ1v) is 4.40. The number of rotatable bonds is 2. The first-order valence-electron chi connectivity index (χ1n) is 4.40. The number of nitrogens with two attached hydrogens (primary N) is 1. The Morgan fingerprint density at radius 2 is 2.46 bits per heavy atom. The molecule has 0 spiro atoms. The van der Waals surface area contributed by atoms with Crippen LogP contribution in [0.5, 0.6) is 5.75 Å². The zero-order chi connectivity index (χ0) is 9.26. The minimum absolute atomic E-state index is 0.272. The van der Waals surface area contributed by atoms with E-state index in [1.165, 1.54) is 5.56 Å². The molecule has 0 saturated carbocycles. The van der Waals surface area contributed by atoms with Crippen LogP contribution in [0.3, 0.4) is 0 Å². The van der Waals surface area contributed by atoms with E-state index in [0.717, 1.165) is 17.7 Å². The highest BCUT2D eigenvalue weighted by molar-refractivity contribution is 5.44. The summed E-state index contributed by atoms with van der Waals surface area (Å²) >= 11 is 0. The van der Waals surface area contributed by atoms with Crippen molar-refractivity contribution in [1.82, 2.24) is 0 Å². The van der Waals surface area contributed by atoms with E-state index in [1.54, 1.807) is 0 Å². The highest BCUT2D eigenvalue weighted by Crippen LogP contribution is 2.32. The third-order valence-corrected chi connectivity index (χ3v) is 2.24. The van der Waals surface area contributed by atoms with Crippen LogP contribution in [-0.4, -0.2) is 6.10 Å². The van der Waals surface area contributed by atoms with Gasteiger partial charge in [0.05, 0.1) is 6.61 Å². The van der Waals surface area contributed by atoms with Gasteiger partial charge in [0.25, 0.3) is 0 Å². The zero-order valence-electron chi connectivity index (χ0n) is 7.62. The molecular weight excluding hydrogens is 166 g/mol. The molecule has 70 valence electrons. The van der Waals surface area contributed by atoms with Crippen molar-refractivity contribution in [3.05, 3.63) is 29.3 Å². The molecule has 1 aromatic rings. The van der Waals surface area contributed by atoms with Gasteiger partial charge in [-0.3, -0.25) is 4.84 Å². The van der Waals surface area contributed by atoms with Crippen molar-refractivity contribution in [2.75, 3.05) is 0 Å². The Kier molecular flexibility index (Phi) is 2.20. The Balaban J connectivity index is 2.34. The average Bonchev–Trinajstić information content (AvgIpc) is 2.47. The molecule has 13 heavy (non-hydrogen) atoms. The van der Waals surface area contributed by atoms with Crippen LogP contribution in [0.25, 0.3) is 0 Å². The number of fused-ring (bicyclic) bond motifs is 1. The average molecular weight is 179 g/mol.